The van der Waals surface area contributed by atoms with Crippen LogP contribution < -0.4 is 5.32 Å². The molecule has 188 valence electrons. The van der Waals surface area contributed by atoms with Gasteiger partial charge in [0.2, 0.25) is 0 Å². The molecule has 1 N–H and O–H groups in total. The molecule has 0 aromatic heterocycles. The number of nitrogens with zero attached hydrogens (tertiary/aromatic N) is 3. The number of ether oxygens (including phenoxy) is 2. The monoisotopic (exact) mass is 572 g/mol. The average Bonchev–Trinajstić information content (AvgIpc) is 2.84. The number of methoxy groups -OCH3 is 1. The van der Waals surface area contributed by atoms with E-state index in [1.807, 2.05) is 7.05 Å². The number of piperidine rings is 1. The second kappa shape index (κ2) is 15.9. The standard InChI is InChI=1S/C26H44N4O2.HI/c1-27-26(30-16-14-25(15-17-30)32-19-9-18-31-3)28-20-22-10-7-8-11-23(22)21-29(2)24-12-5-4-6-13-24;/h7-8,10-11,24-25H,4-6,9,12-21H2,1-3H3,(H,27,28);1H. The highest BCUT2D eigenvalue weighted by Crippen LogP contribution is 2.23. The van der Waals surface area contributed by atoms with Crippen molar-refractivity contribution in [1.29, 1.82) is 0 Å². The number of aliphatic imine (C=N–C) groups is 1. The fourth-order valence-corrected chi connectivity index (χ4v) is 5.00. The number of nitrogens with one attached hydrogen (secondary N) is 1. The molecule has 0 unspecified atom stereocenters. The zero-order chi connectivity index (χ0) is 22.6. The number of guanidine groups is 1. The van der Waals surface area contributed by atoms with E-state index in [1.54, 1.807) is 7.11 Å². The van der Waals surface area contributed by atoms with Gasteiger partial charge in [0.05, 0.1) is 6.10 Å². The fourth-order valence-electron chi connectivity index (χ4n) is 5.00. The van der Waals surface area contributed by atoms with Crippen LogP contribution in [-0.4, -0.2) is 75.4 Å². The molecule has 33 heavy (non-hydrogen) atoms. The summed E-state index contributed by atoms with van der Waals surface area (Å²) >= 11 is 0. The molecule has 1 saturated carbocycles. The predicted octanol–water partition coefficient (Wildman–Crippen LogP) is 4.66. The number of hydrogen-bond acceptors (Lipinski definition) is 4. The number of likely N-dealkylation sites (tertiary alicyclic amines) is 1. The summed E-state index contributed by atoms with van der Waals surface area (Å²) in [5, 5.41) is 3.62. The van der Waals surface area contributed by atoms with Gasteiger partial charge in [0.25, 0.3) is 0 Å². The Balaban J connectivity index is 0.00000385. The van der Waals surface area contributed by atoms with Crippen LogP contribution in [0.3, 0.4) is 0 Å². The summed E-state index contributed by atoms with van der Waals surface area (Å²) in [5.41, 5.74) is 2.79. The Bertz CT molecular complexity index is 689. The summed E-state index contributed by atoms with van der Waals surface area (Å²) in [7, 11) is 5.92. The molecule has 0 spiro atoms. The van der Waals surface area contributed by atoms with Crippen molar-refractivity contribution in [3.63, 3.8) is 0 Å². The van der Waals surface area contributed by atoms with Crippen LogP contribution in [0.15, 0.2) is 29.3 Å². The minimum absolute atomic E-state index is 0. The van der Waals surface area contributed by atoms with Gasteiger partial charge in [-0.2, -0.15) is 0 Å². The first-order valence-corrected chi connectivity index (χ1v) is 12.5. The van der Waals surface area contributed by atoms with Crippen LogP contribution in [-0.2, 0) is 22.6 Å². The first kappa shape index (κ1) is 28.3. The van der Waals surface area contributed by atoms with Crippen molar-refractivity contribution in [3.05, 3.63) is 35.4 Å². The number of rotatable bonds is 10. The van der Waals surface area contributed by atoms with Gasteiger partial charge in [-0.1, -0.05) is 43.5 Å². The van der Waals surface area contributed by atoms with E-state index in [1.165, 1.54) is 43.2 Å². The Morgan fingerprint density at radius 2 is 1.76 bits per heavy atom. The molecule has 2 fully saturated rings. The Hall–Kier alpha value is -0.900. The topological polar surface area (TPSA) is 49.3 Å². The molecule has 1 aromatic rings. The average molecular weight is 573 g/mol. The molecule has 3 rings (SSSR count). The van der Waals surface area contributed by atoms with Crippen LogP contribution in [0.4, 0.5) is 0 Å². The van der Waals surface area contributed by atoms with Crippen molar-refractivity contribution in [2.24, 2.45) is 4.99 Å². The van der Waals surface area contributed by atoms with Gasteiger partial charge >= 0.3 is 0 Å². The van der Waals surface area contributed by atoms with Crippen molar-refractivity contribution in [1.82, 2.24) is 15.1 Å². The number of benzene rings is 1. The van der Waals surface area contributed by atoms with Crippen molar-refractivity contribution >= 4 is 29.9 Å². The molecule has 6 nitrogen and oxygen atoms in total. The first-order valence-electron chi connectivity index (χ1n) is 12.5. The lowest BCUT2D eigenvalue weighted by molar-refractivity contribution is 0.00989. The molecule has 1 aromatic carbocycles. The summed E-state index contributed by atoms with van der Waals surface area (Å²) in [6.07, 6.45) is 10.3. The maximum atomic E-state index is 6.01. The van der Waals surface area contributed by atoms with E-state index in [2.05, 4.69) is 51.4 Å². The molecule has 1 heterocycles. The van der Waals surface area contributed by atoms with Gasteiger partial charge in [0, 0.05) is 59.6 Å². The van der Waals surface area contributed by atoms with Gasteiger partial charge in [0.1, 0.15) is 0 Å². The van der Waals surface area contributed by atoms with Gasteiger partial charge in [-0.05, 0) is 50.3 Å². The van der Waals surface area contributed by atoms with Crippen molar-refractivity contribution in [2.45, 2.75) is 76.6 Å². The highest BCUT2D eigenvalue weighted by Gasteiger charge is 2.22. The van der Waals surface area contributed by atoms with Crippen LogP contribution in [0.5, 0.6) is 0 Å². The maximum Gasteiger partial charge on any atom is 0.193 e. The molecule has 0 radical (unpaired) electrons. The molecule has 2 aliphatic rings. The Morgan fingerprint density at radius 1 is 1.06 bits per heavy atom. The molecular formula is C26H45IN4O2. The minimum Gasteiger partial charge on any atom is -0.385 e. The van der Waals surface area contributed by atoms with Gasteiger partial charge in [-0.25, -0.2) is 0 Å². The summed E-state index contributed by atoms with van der Waals surface area (Å²) in [5.74, 6) is 0.998. The van der Waals surface area contributed by atoms with Crippen LogP contribution in [0, 0.1) is 0 Å². The third-order valence-corrected chi connectivity index (χ3v) is 6.97. The summed E-state index contributed by atoms with van der Waals surface area (Å²) in [6.45, 7) is 5.37. The maximum absolute atomic E-state index is 6.01. The summed E-state index contributed by atoms with van der Waals surface area (Å²) in [4.78, 5) is 9.49. The third kappa shape index (κ3) is 9.34. The molecular weight excluding hydrogens is 527 g/mol. The normalized spacial score (nSPS) is 18.4. The van der Waals surface area contributed by atoms with Gasteiger partial charge < -0.3 is 19.7 Å². The Kier molecular flexibility index (Phi) is 13.7. The van der Waals surface area contributed by atoms with E-state index in [0.717, 1.165) is 70.7 Å². The zero-order valence-electron chi connectivity index (χ0n) is 20.9. The van der Waals surface area contributed by atoms with E-state index in [0.29, 0.717) is 6.10 Å². The Labute approximate surface area is 218 Å². The minimum atomic E-state index is 0. The van der Waals surface area contributed by atoms with E-state index in [4.69, 9.17) is 9.47 Å². The zero-order valence-corrected chi connectivity index (χ0v) is 23.3. The number of halogens is 1. The molecule has 1 aliphatic carbocycles. The summed E-state index contributed by atoms with van der Waals surface area (Å²) in [6, 6.07) is 9.59. The molecule has 0 amide bonds. The highest BCUT2D eigenvalue weighted by molar-refractivity contribution is 14.0. The molecule has 7 heteroatoms. The van der Waals surface area contributed by atoms with Crippen molar-refractivity contribution in [3.8, 4) is 0 Å². The van der Waals surface area contributed by atoms with E-state index < -0.39 is 0 Å². The summed E-state index contributed by atoms with van der Waals surface area (Å²) < 4.78 is 11.1. The third-order valence-electron chi connectivity index (χ3n) is 6.97. The fraction of sp³-hybridized carbons (Fsp3) is 0.731. The first-order chi connectivity index (χ1) is 15.7. The largest absolute Gasteiger partial charge is 0.385 e. The molecule has 0 atom stereocenters. The lowest BCUT2D eigenvalue weighted by Gasteiger charge is -2.34. The van der Waals surface area contributed by atoms with Gasteiger partial charge in [0.15, 0.2) is 5.96 Å². The van der Waals surface area contributed by atoms with Crippen LogP contribution in [0.25, 0.3) is 0 Å². The van der Waals surface area contributed by atoms with Crippen molar-refractivity contribution in [2.75, 3.05) is 47.5 Å². The molecule has 1 aliphatic heterocycles. The van der Waals surface area contributed by atoms with Crippen LogP contribution in [0.2, 0.25) is 0 Å². The second-order valence-corrected chi connectivity index (χ2v) is 9.28. The van der Waals surface area contributed by atoms with E-state index in [-0.39, 0.29) is 24.0 Å². The van der Waals surface area contributed by atoms with Gasteiger partial charge in [-0.15, -0.1) is 24.0 Å². The van der Waals surface area contributed by atoms with Crippen LogP contribution >= 0.6 is 24.0 Å². The highest BCUT2D eigenvalue weighted by atomic mass is 127. The van der Waals surface area contributed by atoms with Crippen molar-refractivity contribution < 1.29 is 9.47 Å². The van der Waals surface area contributed by atoms with Crippen LogP contribution in [0.1, 0.15) is 62.5 Å². The lowest BCUT2D eigenvalue weighted by atomic mass is 9.94. The lowest BCUT2D eigenvalue weighted by Crippen LogP contribution is -2.46. The second-order valence-electron chi connectivity index (χ2n) is 9.28. The SMILES string of the molecule is CN=C(NCc1ccccc1CN(C)C1CCCCC1)N1CCC(OCCCOC)CC1.I. The molecule has 1 saturated heterocycles. The Morgan fingerprint density at radius 3 is 2.42 bits per heavy atom. The predicted molar refractivity (Wildman–Crippen MR) is 147 cm³/mol. The number of hydrogen-bond donors (Lipinski definition) is 1. The van der Waals surface area contributed by atoms with E-state index >= 15 is 0 Å². The molecule has 0 bridgehead atoms. The van der Waals surface area contributed by atoms with E-state index in [9.17, 15) is 0 Å². The van der Waals surface area contributed by atoms with Gasteiger partial charge in [-0.3, -0.25) is 9.89 Å². The quantitative estimate of drug-likeness (QED) is 0.191. The smallest absolute Gasteiger partial charge is 0.193 e.